The largest absolute Gasteiger partial charge is 0.392 e. The maximum Gasteiger partial charge on any atom is 0.0881 e. The lowest BCUT2D eigenvalue weighted by Gasteiger charge is -2.28. The van der Waals surface area contributed by atoms with E-state index in [0.29, 0.717) is 12.0 Å². The molecule has 3 atom stereocenters. The highest BCUT2D eigenvalue weighted by Gasteiger charge is 2.27. The van der Waals surface area contributed by atoms with Gasteiger partial charge >= 0.3 is 0 Å². The first kappa shape index (κ1) is 7.03. The quantitative estimate of drug-likeness (QED) is 0.449. The van der Waals surface area contributed by atoms with E-state index in [9.17, 15) is 5.11 Å². The molecule has 0 spiro atoms. The molecule has 0 aromatic rings. The van der Waals surface area contributed by atoms with Crippen LogP contribution in [0.15, 0.2) is 0 Å². The molecule has 2 heteroatoms. The Morgan fingerprint density at radius 1 is 1.44 bits per heavy atom. The van der Waals surface area contributed by atoms with E-state index in [1.807, 2.05) is 0 Å². The Labute approximate surface area is 56.3 Å². The first-order valence-electron chi connectivity index (χ1n) is 3.73. The summed E-state index contributed by atoms with van der Waals surface area (Å²) < 4.78 is 0. The van der Waals surface area contributed by atoms with E-state index in [4.69, 9.17) is 0 Å². The third kappa shape index (κ3) is 1.43. The minimum atomic E-state index is -0.0509. The van der Waals surface area contributed by atoms with Crippen LogP contribution >= 0.6 is 0 Å². The van der Waals surface area contributed by atoms with E-state index in [-0.39, 0.29) is 6.10 Å². The highest BCUT2D eigenvalue weighted by atomic mass is 16.3. The summed E-state index contributed by atoms with van der Waals surface area (Å²) in [6.07, 6.45) is 0.913. The van der Waals surface area contributed by atoms with Crippen molar-refractivity contribution in [1.82, 2.24) is 0 Å². The van der Waals surface area contributed by atoms with Gasteiger partial charge < -0.3 is 10.4 Å². The highest BCUT2D eigenvalue weighted by molar-refractivity contribution is 4.71. The van der Waals surface area contributed by atoms with Crippen molar-refractivity contribution in [3.63, 3.8) is 0 Å². The molecule has 1 rings (SSSR count). The van der Waals surface area contributed by atoms with E-state index in [2.05, 4.69) is 19.2 Å². The van der Waals surface area contributed by atoms with Gasteiger partial charge in [0.1, 0.15) is 0 Å². The molecule has 54 valence electrons. The standard InChI is InChI=1S/C7H15NO/c1-5-6(2)8-4-3-7(5)9/h5-9H,3-4H2,1-2H3/p+1/t5-,6-,7+/m1/s1. The molecule has 0 amide bonds. The fourth-order valence-electron chi connectivity index (χ4n) is 1.36. The van der Waals surface area contributed by atoms with Gasteiger partial charge in [-0.05, 0) is 6.92 Å². The van der Waals surface area contributed by atoms with Crippen LogP contribution in [0.1, 0.15) is 20.3 Å². The van der Waals surface area contributed by atoms with Crippen molar-refractivity contribution in [2.24, 2.45) is 5.92 Å². The SMILES string of the molecule is C[C@H]1[C@@H](O)CC[NH2+][C@@H]1C. The summed E-state index contributed by atoms with van der Waals surface area (Å²) in [6.45, 7) is 5.38. The van der Waals surface area contributed by atoms with Gasteiger partial charge in [0.05, 0.1) is 18.7 Å². The Morgan fingerprint density at radius 2 is 2.11 bits per heavy atom. The van der Waals surface area contributed by atoms with Crippen LogP contribution in [-0.4, -0.2) is 23.8 Å². The monoisotopic (exact) mass is 130 g/mol. The van der Waals surface area contributed by atoms with Crippen molar-refractivity contribution < 1.29 is 10.4 Å². The number of rotatable bonds is 0. The van der Waals surface area contributed by atoms with Crippen molar-refractivity contribution in [2.45, 2.75) is 32.4 Å². The molecule has 1 saturated heterocycles. The van der Waals surface area contributed by atoms with E-state index < -0.39 is 0 Å². The first-order valence-corrected chi connectivity index (χ1v) is 3.73. The van der Waals surface area contributed by atoms with Gasteiger partial charge in [0.15, 0.2) is 0 Å². The molecule has 3 N–H and O–H groups in total. The molecule has 0 aromatic carbocycles. The molecule has 1 aliphatic rings. The summed E-state index contributed by atoms with van der Waals surface area (Å²) in [5.74, 6) is 0.471. The minimum Gasteiger partial charge on any atom is -0.392 e. The average molecular weight is 130 g/mol. The number of aliphatic hydroxyl groups is 1. The predicted molar refractivity (Wildman–Crippen MR) is 36.0 cm³/mol. The summed E-state index contributed by atoms with van der Waals surface area (Å²) in [4.78, 5) is 0. The van der Waals surface area contributed by atoms with E-state index in [0.717, 1.165) is 13.0 Å². The van der Waals surface area contributed by atoms with Crippen LogP contribution in [0.25, 0.3) is 0 Å². The van der Waals surface area contributed by atoms with E-state index in [1.54, 1.807) is 0 Å². The van der Waals surface area contributed by atoms with Crippen molar-refractivity contribution in [2.75, 3.05) is 6.54 Å². The lowest BCUT2D eigenvalue weighted by atomic mass is 9.91. The molecule has 1 heterocycles. The Hall–Kier alpha value is -0.0800. The molecule has 2 nitrogen and oxygen atoms in total. The summed E-state index contributed by atoms with van der Waals surface area (Å²) in [5, 5.41) is 11.6. The van der Waals surface area contributed by atoms with Crippen molar-refractivity contribution in [3.8, 4) is 0 Å². The van der Waals surface area contributed by atoms with Gasteiger partial charge in [-0.25, -0.2) is 0 Å². The van der Waals surface area contributed by atoms with Gasteiger partial charge in [-0.3, -0.25) is 0 Å². The van der Waals surface area contributed by atoms with Crippen LogP contribution in [0.4, 0.5) is 0 Å². The molecule has 0 aromatic heterocycles. The Morgan fingerprint density at radius 3 is 2.56 bits per heavy atom. The minimum absolute atomic E-state index is 0.0509. The van der Waals surface area contributed by atoms with Crippen LogP contribution in [-0.2, 0) is 0 Å². The maximum atomic E-state index is 9.33. The zero-order chi connectivity index (χ0) is 6.85. The van der Waals surface area contributed by atoms with Crippen LogP contribution in [0.5, 0.6) is 0 Å². The summed E-state index contributed by atoms with van der Waals surface area (Å²) in [6, 6.07) is 0.605. The number of piperidine rings is 1. The summed E-state index contributed by atoms with van der Waals surface area (Å²) >= 11 is 0. The number of quaternary nitrogens is 1. The summed E-state index contributed by atoms with van der Waals surface area (Å²) in [5.41, 5.74) is 0. The Balaban J connectivity index is 2.41. The second-order valence-corrected chi connectivity index (χ2v) is 3.10. The normalized spacial score (nSPS) is 45.0. The number of hydrogen-bond acceptors (Lipinski definition) is 1. The zero-order valence-corrected chi connectivity index (χ0v) is 6.17. The molecule has 0 saturated carbocycles. The predicted octanol–water partition coefficient (Wildman–Crippen LogP) is -0.661. The fourth-order valence-corrected chi connectivity index (χ4v) is 1.36. The van der Waals surface area contributed by atoms with Gasteiger partial charge in [0.25, 0.3) is 0 Å². The van der Waals surface area contributed by atoms with Crippen LogP contribution in [0, 0.1) is 5.92 Å². The molecule has 0 bridgehead atoms. The third-order valence-corrected chi connectivity index (χ3v) is 2.44. The number of nitrogens with two attached hydrogens (primary N) is 1. The lowest BCUT2D eigenvalue weighted by molar-refractivity contribution is -0.704. The second-order valence-electron chi connectivity index (χ2n) is 3.10. The summed E-state index contributed by atoms with van der Waals surface area (Å²) in [7, 11) is 0. The van der Waals surface area contributed by atoms with Gasteiger partial charge in [-0.1, -0.05) is 6.92 Å². The zero-order valence-electron chi connectivity index (χ0n) is 6.17. The molecule has 0 radical (unpaired) electrons. The van der Waals surface area contributed by atoms with Gasteiger partial charge in [0.2, 0.25) is 0 Å². The molecule has 1 fully saturated rings. The van der Waals surface area contributed by atoms with Crippen LogP contribution < -0.4 is 5.32 Å². The highest BCUT2D eigenvalue weighted by Crippen LogP contribution is 2.10. The van der Waals surface area contributed by atoms with Crippen molar-refractivity contribution in [3.05, 3.63) is 0 Å². The molecular formula is C7H16NO+. The average Bonchev–Trinajstić information content (AvgIpc) is 1.83. The topological polar surface area (TPSA) is 36.8 Å². The third-order valence-electron chi connectivity index (χ3n) is 2.44. The van der Waals surface area contributed by atoms with Gasteiger partial charge in [-0.2, -0.15) is 0 Å². The second kappa shape index (κ2) is 2.67. The van der Waals surface area contributed by atoms with Crippen molar-refractivity contribution >= 4 is 0 Å². The van der Waals surface area contributed by atoms with E-state index in [1.165, 1.54) is 0 Å². The number of hydrogen-bond donors (Lipinski definition) is 2. The molecule has 1 aliphatic heterocycles. The van der Waals surface area contributed by atoms with E-state index >= 15 is 0 Å². The van der Waals surface area contributed by atoms with Gasteiger partial charge in [-0.15, -0.1) is 0 Å². The molecule has 9 heavy (non-hydrogen) atoms. The Bertz CT molecular complexity index is 84.9. The van der Waals surface area contributed by atoms with Crippen LogP contribution in [0.3, 0.4) is 0 Å². The lowest BCUT2D eigenvalue weighted by Crippen LogP contribution is -2.93. The fraction of sp³-hybridized carbons (Fsp3) is 1.00. The number of aliphatic hydroxyl groups excluding tert-OH is 1. The first-order chi connectivity index (χ1) is 4.22. The van der Waals surface area contributed by atoms with Gasteiger partial charge in [0, 0.05) is 12.3 Å². The van der Waals surface area contributed by atoms with Crippen LogP contribution in [0.2, 0.25) is 0 Å². The molecular weight excluding hydrogens is 114 g/mol. The van der Waals surface area contributed by atoms with Crippen molar-refractivity contribution in [1.29, 1.82) is 0 Å². The molecule has 0 aliphatic carbocycles. The molecule has 0 unspecified atom stereocenters. The maximum absolute atomic E-state index is 9.33. The Kier molecular flexibility index (Phi) is 2.09. The smallest absolute Gasteiger partial charge is 0.0881 e.